The fraction of sp³-hybridized carbons (Fsp3) is 0.154. The van der Waals surface area contributed by atoms with Crippen molar-refractivity contribution in [1.82, 2.24) is 10.2 Å². The third-order valence-corrected chi connectivity index (χ3v) is 2.45. The first-order valence-electron chi connectivity index (χ1n) is 5.73. The Hall–Kier alpha value is -2.34. The second-order valence-corrected chi connectivity index (χ2v) is 4.53. The molecule has 7 heteroatoms. The molecule has 0 atom stereocenters. The molecule has 0 aliphatic rings. The van der Waals surface area contributed by atoms with Crippen LogP contribution >= 0.6 is 11.6 Å². The molecule has 0 radical (unpaired) electrons. The van der Waals surface area contributed by atoms with Gasteiger partial charge in [-0.3, -0.25) is 15.5 Å². The number of nitrogens with two attached hydrogens (primary N) is 1. The van der Waals surface area contributed by atoms with Crippen molar-refractivity contribution in [2.24, 2.45) is 10.7 Å². The molecule has 0 bridgehead atoms. The Morgan fingerprint density at radius 1 is 1.40 bits per heavy atom. The number of rotatable bonds is 2. The summed E-state index contributed by atoms with van der Waals surface area (Å²) in [5.74, 6) is -0.605. The number of hydrogen-bond donors (Lipinski definition) is 3. The molecule has 106 valence electrons. The van der Waals surface area contributed by atoms with Crippen LogP contribution in [0.1, 0.15) is 5.56 Å². The minimum Gasteiger partial charge on any atom is -0.369 e. The van der Waals surface area contributed by atoms with E-state index in [1.807, 2.05) is 0 Å². The number of nitrogens with one attached hydrogen (secondary N) is 2. The third-order valence-electron chi connectivity index (χ3n) is 2.20. The molecule has 0 saturated heterocycles. The van der Waals surface area contributed by atoms with Gasteiger partial charge in [0.25, 0.3) is 5.91 Å². The lowest BCUT2D eigenvalue weighted by atomic mass is 10.2. The molecule has 1 amide bonds. The highest BCUT2D eigenvalue weighted by Crippen LogP contribution is 2.10. The lowest BCUT2D eigenvalue weighted by Gasteiger charge is -2.09. The molecular formula is C13H16ClN5O. The number of carbonyl (C=O) groups is 1. The van der Waals surface area contributed by atoms with Gasteiger partial charge in [-0.05, 0) is 23.8 Å². The van der Waals surface area contributed by atoms with Crippen LogP contribution in [0.4, 0.5) is 0 Å². The molecule has 0 aliphatic carbocycles. The standard InChI is InChI=1S/C13H16ClN5O/c1-19(2)13(16)18-12(15)17-11(20)8-5-9-3-6-10(14)7-4-9/h3-8H,1-2H3,(H4,15,16,17,18,20). The van der Waals surface area contributed by atoms with Crippen molar-refractivity contribution in [2.75, 3.05) is 14.1 Å². The van der Waals surface area contributed by atoms with Gasteiger partial charge in [-0.1, -0.05) is 23.7 Å². The van der Waals surface area contributed by atoms with Crippen molar-refractivity contribution < 1.29 is 4.79 Å². The smallest absolute Gasteiger partial charge is 0.250 e. The van der Waals surface area contributed by atoms with Gasteiger partial charge in [0, 0.05) is 25.2 Å². The highest BCUT2D eigenvalue weighted by molar-refractivity contribution is 6.30. The van der Waals surface area contributed by atoms with Crippen LogP contribution in [-0.2, 0) is 4.79 Å². The number of nitrogens with zero attached hydrogens (tertiary/aromatic N) is 2. The highest BCUT2D eigenvalue weighted by Gasteiger charge is 2.01. The quantitative estimate of drug-likeness (QED) is 0.435. The molecule has 0 aromatic heterocycles. The molecule has 0 saturated carbocycles. The Balaban J connectivity index is 2.59. The fourth-order valence-electron chi connectivity index (χ4n) is 1.16. The number of guanidine groups is 2. The Labute approximate surface area is 122 Å². The summed E-state index contributed by atoms with van der Waals surface area (Å²) in [5.41, 5.74) is 6.34. The minimum atomic E-state index is -0.423. The average molecular weight is 294 g/mol. The maximum Gasteiger partial charge on any atom is 0.250 e. The Kier molecular flexibility index (Phi) is 5.74. The summed E-state index contributed by atoms with van der Waals surface area (Å²) in [7, 11) is 3.31. The molecule has 1 aromatic rings. The molecule has 0 spiro atoms. The van der Waals surface area contributed by atoms with Crippen LogP contribution in [-0.4, -0.2) is 36.8 Å². The van der Waals surface area contributed by atoms with Gasteiger partial charge < -0.3 is 10.6 Å². The fourth-order valence-corrected chi connectivity index (χ4v) is 1.28. The van der Waals surface area contributed by atoms with Crippen LogP contribution in [0.5, 0.6) is 0 Å². The topological polar surface area (TPSA) is 94.6 Å². The van der Waals surface area contributed by atoms with Crippen LogP contribution in [0, 0.1) is 5.41 Å². The highest BCUT2D eigenvalue weighted by atomic mass is 35.5. The number of benzene rings is 1. The van der Waals surface area contributed by atoms with E-state index in [2.05, 4.69) is 10.3 Å². The Bertz CT molecular complexity index is 548. The van der Waals surface area contributed by atoms with Gasteiger partial charge in [0.05, 0.1) is 0 Å². The van der Waals surface area contributed by atoms with Crippen molar-refractivity contribution in [3.8, 4) is 0 Å². The number of amides is 1. The second-order valence-electron chi connectivity index (χ2n) is 4.09. The summed E-state index contributed by atoms with van der Waals surface area (Å²) in [6.07, 6.45) is 2.95. The van der Waals surface area contributed by atoms with Gasteiger partial charge in [-0.2, -0.15) is 4.99 Å². The van der Waals surface area contributed by atoms with Crippen molar-refractivity contribution in [3.05, 3.63) is 40.9 Å². The zero-order chi connectivity index (χ0) is 15.1. The minimum absolute atomic E-state index is 0.0514. The van der Waals surface area contributed by atoms with Crippen molar-refractivity contribution in [1.29, 1.82) is 5.41 Å². The van der Waals surface area contributed by atoms with Crippen LogP contribution in [0.15, 0.2) is 35.3 Å². The number of hydrogen-bond acceptors (Lipinski definition) is 2. The first kappa shape index (κ1) is 15.7. The van der Waals surface area contributed by atoms with Crippen molar-refractivity contribution >= 4 is 35.5 Å². The van der Waals surface area contributed by atoms with E-state index >= 15 is 0 Å². The zero-order valence-corrected chi connectivity index (χ0v) is 12.0. The number of aliphatic imine (C=N–C) groups is 1. The van der Waals surface area contributed by atoms with Crippen LogP contribution in [0.2, 0.25) is 5.02 Å². The summed E-state index contributed by atoms with van der Waals surface area (Å²) in [6.45, 7) is 0. The molecule has 0 heterocycles. The first-order valence-corrected chi connectivity index (χ1v) is 6.11. The van der Waals surface area contributed by atoms with E-state index in [1.165, 1.54) is 11.0 Å². The molecule has 0 fully saturated rings. The molecule has 1 rings (SSSR count). The summed E-state index contributed by atoms with van der Waals surface area (Å²) in [5, 5.41) is 10.4. The van der Waals surface area contributed by atoms with Crippen molar-refractivity contribution in [3.63, 3.8) is 0 Å². The van der Waals surface area contributed by atoms with Crippen LogP contribution in [0.3, 0.4) is 0 Å². The molecular weight excluding hydrogens is 278 g/mol. The number of carbonyl (C=O) groups excluding carboxylic acids is 1. The van der Waals surface area contributed by atoms with Gasteiger partial charge in [-0.25, -0.2) is 0 Å². The molecule has 1 aromatic carbocycles. The number of halogens is 1. The van der Waals surface area contributed by atoms with Gasteiger partial charge in [-0.15, -0.1) is 0 Å². The van der Waals surface area contributed by atoms with E-state index in [0.717, 1.165) is 5.56 Å². The Morgan fingerprint density at radius 2 is 2.00 bits per heavy atom. The predicted molar refractivity (Wildman–Crippen MR) is 81.7 cm³/mol. The van der Waals surface area contributed by atoms with Crippen molar-refractivity contribution in [2.45, 2.75) is 0 Å². The molecule has 0 aliphatic heterocycles. The molecule has 20 heavy (non-hydrogen) atoms. The SMILES string of the molecule is CN(C)C(=N)N=C(N)NC(=O)C=Cc1ccc(Cl)cc1. The zero-order valence-electron chi connectivity index (χ0n) is 11.2. The van der Waals surface area contributed by atoms with Gasteiger partial charge in [0.1, 0.15) is 0 Å². The molecule has 0 unspecified atom stereocenters. The van der Waals surface area contributed by atoms with Gasteiger partial charge >= 0.3 is 0 Å². The normalized spacial score (nSPS) is 11.4. The summed E-state index contributed by atoms with van der Waals surface area (Å²) in [6, 6.07) is 7.03. The van der Waals surface area contributed by atoms with E-state index in [1.54, 1.807) is 44.4 Å². The largest absolute Gasteiger partial charge is 0.369 e. The molecule has 4 N–H and O–H groups in total. The second kappa shape index (κ2) is 7.30. The molecule has 6 nitrogen and oxygen atoms in total. The predicted octanol–water partition coefficient (Wildman–Crippen LogP) is 1.28. The maximum atomic E-state index is 11.6. The van der Waals surface area contributed by atoms with E-state index in [-0.39, 0.29) is 11.9 Å². The lowest BCUT2D eigenvalue weighted by molar-refractivity contribution is -0.115. The first-order chi connectivity index (χ1) is 9.38. The van der Waals surface area contributed by atoms with Crippen LogP contribution in [0.25, 0.3) is 6.08 Å². The Morgan fingerprint density at radius 3 is 2.55 bits per heavy atom. The van der Waals surface area contributed by atoms with E-state index < -0.39 is 5.91 Å². The van der Waals surface area contributed by atoms with E-state index in [0.29, 0.717) is 5.02 Å². The summed E-state index contributed by atoms with van der Waals surface area (Å²) in [4.78, 5) is 16.7. The summed E-state index contributed by atoms with van der Waals surface area (Å²) < 4.78 is 0. The summed E-state index contributed by atoms with van der Waals surface area (Å²) >= 11 is 5.76. The van der Waals surface area contributed by atoms with Crippen LogP contribution < -0.4 is 11.1 Å². The van der Waals surface area contributed by atoms with E-state index in [9.17, 15) is 4.79 Å². The lowest BCUT2D eigenvalue weighted by Crippen LogP contribution is -2.37. The third kappa shape index (κ3) is 5.53. The monoisotopic (exact) mass is 293 g/mol. The van der Waals surface area contributed by atoms with Gasteiger partial charge in [0.2, 0.25) is 11.9 Å². The van der Waals surface area contributed by atoms with E-state index in [4.69, 9.17) is 22.7 Å². The van der Waals surface area contributed by atoms with Gasteiger partial charge in [0.15, 0.2) is 0 Å². The maximum absolute atomic E-state index is 11.6. The average Bonchev–Trinajstić information content (AvgIpc) is 2.37.